The number of anilines is 1. The number of rotatable bonds is 5. The summed E-state index contributed by atoms with van der Waals surface area (Å²) in [6.45, 7) is 4.55. The van der Waals surface area contributed by atoms with Crippen LogP contribution >= 0.6 is 0 Å². The number of aromatic nitrogens is 2. The third-order valence-electron chi connectivity index (χ3n) is 5.51. The van der Waals surface area contributed by atoms with Crippen LogP contribution in [-0.4, -0.2) is 72.6 Å². The average Bonchev–Trinajstić information content (AvgIpc) is 2.84. The first-order valence-corrected chi connectivity index (χ1v) is 10.6. The van der Waals surface area contributed by atoms with Gasteiger partial charge in [-0.2, -0.15) is 0 Å². The Morgan fingerprint density at radius 3 is 2.38 bits per heavy atom. The molecule has 0 radical (unpaired) electrons. The van der Waals surface area contributed by atoms with Gasteiger partial charge in [0.2, 0.25) is 17.8 Å². The van der Waals surface area contributed by atoms with Crippen LogP contribution in [0, 0.1) is 5.92 Å². The Morgan fingerprint density at radius 2 is 1.75 bits per heavy atom. The van der Waals surface area contributed by atoms with Gasteiger partial charge in [-0.05, 0) is 30.7 Å². The van der Waals surface area contributed by atoms with Crippen LogP contribution < -0.4 is 15.0 Å². The van der Waals surface area contributed by atoms with Gasteiger partial charge in [-0.15, -0.1) is 0 Å². The fourth-order valence-corrected chi connectivity index (χ4v) is 3.84. The van der Waals surface area contributed by atoms with Gasteiger partial charge in [0.05, 0.1) is 13.7 Å². The predicted octanol–water partition coefficient (Wildman–Crippen LogP) is 1.01. The van der Waals surface area contributed by atoms with Crippen LogP contribution in [-0.2, 0) is 14.3 Å². The molecule has 32 heavy (non-hydrogen) atoms. The number of benzene rings is 1. The normalized spacial score (nSPS) is 20.9. The molecule has 0 saturated carbocycles. The molecule has 3 heterocycles. The number of piperazine rings is 1. The maximum Gasteiger partial charge on any atom is 0.321 e. The Hall–Kier alpha value is -3.69. The lowest BCUT2D eigenvalue weighted by atomic mass is 9.91. The smallest absolute Gasteiger partial charge is 0.321 e. The molecule has 1 aromatic carbocycles. The van der Waals surface area contributed by atoms with Crippen molar-refractivity contribution >= 4 is 23.8 Å². The highest BCUT2D eigenvalue weighted by Gasteiger charge is 2.42. The molecule has 4 rings (SSSR count). The summed E-state index contributed by atoms with van der Waals surface area (Å²) in [5, 5.41) is 2.81. The van der Waals surface area contributed by atoms with Crippen molar-refractivity contribution in [2.75, 3.05) is 44.8 Å². The number of ether oxygens (including phenoxy) is 2. The van der Waals surface area contributed by atoms with E-state index in [9.17, 15) is 9.59 Å². The van der Waals surface area contributed by atoms with E-state index in [1.54, 1.807) is 44.6 Å². The van der Waals surface area contributed by atoms with E-state index in [0.717, 1.165) is 5.56 Å². The highest BCUT2D eigenvalue weighted by atomic mass is 16.5. The van der Waals surface area contributed by atoms with Gasteiger partial charge in [0.1, 0.15) is 11.8 Å². The standard InChI is InChI=1S/C22H26N6O4/c1-3-32-20(30)17-18(15-5-7-16(31-2)8-6-15)25-22(26-19(17)29)28-13-11-27(12-14-28)21-23-9-4-10-24-21/h4-10,17-18H,3,11-14H2,1-2H3,(H,25,26,29)/t17-,18+/m0/s1. The van der Waals surface area contributed by atoms with Crippen molar-refractivity contribution < 1.29 is 19.1 Å². The Labute approximate surface area is 186 Å². The second-order valence-corrected chi connectivity index (χ2v) is 7.41. The molecule has 10 nitrogen and oxygen atoms in total. The van der Waals surface area contributed by atoms with Gasteiger partial charge in [-0.1, -0.05) is 12.1 Å². The summed E-state index contributed by atoms with van der Waals surface area (Å²) in [5.74, 6) is -0.218. The molecular weight excluding hydrogens is 412 g/mol. The van der Waals surface area contributed by atoms with Crippen LogP contribution in [0.3, 0.4) is 0 Å². The van der Waals surface area contributed by atoms with Crippen molar-refractivity contribution in [2.24, 2.45) is 10.9 Å². The van der Waals surface area contributed by atoms with Gasteiger partial charge in [-0.25, -0.2) is 15.0 Å². The Bertz CT molecular complexity index is 974. The molecule has 2 aliphatic rings. The third-order valence-corrected chi connectivity index (χ3v) is 5.51. The lowest BCUT2D eigenvalue weighted by Gasteiger charge is -2.38. The summed E-state index contributed by atoms with van der Waals surface area (Å²) in [6.07, 6.45) is 3.43. The number of hydrogen-bond acceptors (Lipinski definition) is 9. The summed E-state index contributed by atoms with van der Waals surface area (Å²) < 4.78 is 10.4. The lowest BCUT2D eigenvalue weighted by molar-refractivity contribution is -0.153. The van der Waals surface area contributed by atoms with Crippen molar-refractivity contribution in [3.05, 3.63) is 48.3 Å². The second-order valence-electron chi connectivity index (χ2n) is 7.41. The highest BCUT2D eigenvalue weighted by molar-refractivity contribution is 6.08. The molecule has 1 saturated heterocycles. The maximum atomic E-state index is 13.0. The van der Waals surface area contributed by atoms with Gasteiger partial charge in [0.25, 0.3) is 0 Å². The molecule has 10 heteroatoms. The van der Waals surface area contributed by atoms with Gasteiger partial charge in [0.15, 0.2) is 5.92 Å². The lowest BCUT2D eigenvalue weighted by Crippen LogP contribution is -2.57. The van der Waals surface area contributed by atoms with Gasteiger partial charge < -0.3 is 19.3 Å². The molecule has 1 N–H and O–H groups in total. The van der Waals surface area contributed by atoms with E-state index in [2.05, 4.69) is 20.2 Å². The van der Waals surface area contributed by atoms with Crippen molar-refractivity contribution in [2.45, 2.75) is 13.0 Å². The van der Waals surface area contributed by atoms with Crippen molar-refractivity contribution in [3.63, 3.8) is 0 Å². The number of carbonyl (C=O) groups excluding carboxylic acids is 2. The van der Waals surface area contributed by atoms with E-state index >= 15 is 0 Å². The van der Waals surface area contributed by atoms with E-state index in [0.29, 0.717) is 43.8 Å². The minimum Gasteiger partial charge on any atom is -0.497 e. The number of hydrogen-bond donors (Lipinski definition) is 1. The number of nitrogens with one attached hydrogen (secondary N) is 1. The summed E-state index contributed by atoms with van der Waals surface area (Å²) in [7, 11) is 1.58. The largest absolute Gasteiger partial charge is 0.497 e. The van der Waals surface area contributed by atoms with Crippen molar-refractivity contribution in [1.29, 1.82) is 0 Å². The zero-order valence-corrected chi connectivity index (χ0v) is 18.1. The van der Waals surface area contributed by atoms with Crippen LogP contribution in [0.15, 0.2) is 47.7 Å². The van der Waals surface area contributed by atoms with E-state index in [1.165, 1.54) is 0 Å². The molecule has 2 atom stereocenters. The molecule has 2 aliphatic heterocycles. The van der Waals surface area contributed by atoms with Gasteiger partial charge in [-0.3, -0.25) is 14.9 Å². The van der Waals surface area contributed by atoms with Gasteiger partial charge >= 0.3 is 5.97 Å². The summed E-state index contributed by atoms with van der Waals surface area (Å²) in [5.41, 5.74) is 0.743. The zero-order chi connectivity index (χ0) is 22.5. The topological polar surface area (TPSA) is 109 Å². The first-order chi connectivity index (χ1) is 15.6. The summed E-state index contributed by atoms with van der Waals surface area (Å²) >= 11 is 0. The molecule has 1 amide bonds. The Morgan fingerprint density at radius 1 is 1.09 bits per heavy atom. The molecule has 0 aliphatic carbocycles. The number of methoxy groups -OCH3 is 1. The molecule has 0 spiro atoms. The van der Waals surface area contributed by atoms with Crippen LogP contribution in [0.1, 0.15) is 18.5 Å². The van der Waals surface area contributed by atoms with E-state index < -0.39 is 23.8 Å². The molecule has 0 unspecified atom stereocenters. The molecular formula is C22H26N6O4. The summed E-state index contributed by atoms with van der Waals surface area (Å²) in [6, 6.07) is 8.32. The Kier molecular flexibility index (Phi) is 6.48. The quantitative estimate of drug-likeness (QED) is 0.544. The van der Waals surface area contributed by atoms with Crippen LogP contribution in [0.5, 0.6) is 5.75 Å². The number of guanidine groups is 1. The van der Waals surface area contributed by atoms with Gasteiger partial charge in [0, 0.05) is 38.6 Å². The second kappa shape index (κ2) is 9.63. The zero-order valence-electron chi connectivity index (χ0n) is 18.1. The number of aliphatic imine (C=N–C) groups is 1. The molecule has 1 fully saturated rings. The first kappa shape index (κ1) is 21.5. The minimum absolute atomic E-state index is 0.192. The third kappa shape index (κ3) is 4.48. The van der Waals surface area contributed by atoms with Crippen LogP contribution in [0.4, 0.5) is 5.95 Å². The maximum absolute atomic E-state index is 13.0. The summed E-state index contributed by atoms with van der Waals surface area (Å²) in [4.78, 5) is 43.0. The highest BCUT2D eigenvalue weighted by Crippen LogP contribution is 2.32. The van der Waals surface area contributed by atoms with E-state index in [1.807, 2.05) is 17.0 Å². The molecule has 2 aromatic rings. The molecule has 1 aromatic heterocycles. The average molecular weight is 438 g/mol. The predicted molar refractivity (Wildman–Crippen MR) is 117 cm³/mol. The van der Waals surface area contributed by atoms with Crippen molar-refractivity contribution in [3.8, 4) is 5.75 Å². The number of esters is 1. The number of nitrogens with zero attached hydrogens (tertiary/aromatic N) is 5. The number of carbonyl (C=O) groups is 2. The van der Waals surface area contributed by atoms with E-state index in [-0.39, 0.29) is 6.61 Å². The number of amides is 1. The van der Waals surface area contributed by atoms with Crippen LogP contribution in [0.25, 0.3) is 0 Å². The first-order valence-electron chi connectivity index (χ1n) is 10.6. The Balaban J connectivity index is 1.56. The fourth-order valence-electron chi connectivity index (χ4n) is 3.84. The minimum atomic E-state index is -1.05. The molecule has 168 valence electrons. The van der Waals surface area contributed by atoms with E-state index in [4.69, 9.17) is 14.5 Å². The SMILES string of the molecule is CCOC(=O)[C@@H]1C(=O)NC(N2CCN(c3ncccn3)CC2)=N[C@@H]1c1ccc(OC)cc1. The van der Waals surface area contributed by atoms with Crippen molar-refractivity contribution in [1.82, 2.24) is 20.2 Å². The molecule has 0 bridgehead atoms. The van der Waals surface area contributed by atoms with Crippen LogP contribution in [0.2, 0.25) is 0 Å². The monoisotopic (exact) mass is 438 g/mol. The fraction of sp³-hybridized carbons (Fsp3) is 0.409.